The topological polar surface area (TPSA) is 88.7 Å². The second kappa shape index (κ2) is 7.71. The molecule has 0 radical (unpaired) electrons. The van der Waals surface area contributed by atoms with Crippen LogP contribution in [0.4, 0.5) is 5.82 Å². The minimum atomic E-state index is -0.461. The number of halogens is 3. The lowest BCUT2D eigenvalue weighted by Crippen LogP contribution is -2.13. The number of carbonyl (C=O) groups is 1. The number of carbonyl (C=O) groups excluding carboxylic acids is 1. The first-order valence-corrected chi connectivity index (χ1v) is 9.21. The molecule has 1 aromatic carbocycles. The molecule has 0 unspecified atom stereocenters. The van der Waals surface area contributed by atoms with Crippen molar-refractivity contribution in [1.82, 2.24) is 20.0 Å². The maximum absolute atomic E-state index is 12.5. The molecule has 2 N–H and O–H groups in total. The number of H-pyrrole nitrogens is 1. The number of aromatic nitrogens is 4. The van der Waals surface area contributed by atoms with E-state index in [9.17, 15) is 4.79 Å². The van der Waals surface area contributed by atoms with Crippen LogP contribution in [0, 0.1) is 0 Å². The van der Waals surface area contributed by atoms with Gasteiger partial charge in [-0.15, -0.1) is 0 Å². The molecule has 142 valence electrons. The minimum absolute atomic E-state index is 0.172. The number of amides is 1. The molecular formula is C18H12Cl3N5O2. The molecule has 4 rings (SSSR count). The van der Waals surface area contributed by atoms with Gasteiger partial charge in [0.05, 0.1) is 12.8 Å². The molecule has 0 atom stereocenters. The monoisotopic (exact) mass is 435 g/mol. The van der Waals surface area contributed by atoms with E-state index in [1.165, 1.54) is 6.26 Å². The summed E-state index contributed by atoms with van der Waals surface area (Å²) in [6.07, 6.45) is 3.11. The number of hydrogen-bond donors (Lipinski definition) is 2. The first kappa shape index (κ1) is 18.6. The van der Waals surface area contributed by atoms with E-state index in [1.54, 1.807) is 47.3 Å². The van der Waals surface area contributed by atoms with Crippen molar-refractivity contribution in [2.75, 3.05) is 5.32 Å². The van der Waals surface area contributed by atoms with Gasteiger partial charge in [-0.05, 0) is 24.3 Å². The SMILES string of the molecule is O=C(Nc1nn(Cc2c(Cl)cccc2Cl)cc1Cl)c1cc(-c2ccco2)[nH]n1. The van der Waals surface area contributed by atoms with Crippen molar-refractivity contribution in [3.8, 4) is 11.5 Å². The molecule has 0 spiro atoms. The van der Waals surface area contributed by atoms with Crippen LogP contribution in [0.3, 0.4) is 0 Å². The third-order valence-corrected chi connectivity index (χ3v) is 4.91. The molecule has 1 amide bonds. The molecule has 3 heterocycles. The van der Waals surface area contributed by atoms with Crippen LogP contribution in [0.1, 0.15) is 16.1 Å². The number of benzene rings is 1. The first-order chi connectivity index (χ1) is 13.5. The second-order valence-electron chi connectivity index (χ2n) is 5.82. The van der Waals surface area contributed by atoms with E-state index < -0.39 is 5.91 Å². The smallest absolute Gasteiger partial charge is 0.277 e. The average Bonchev–Trinajstić information content (AvgIpc) is 3.40. The molecule has 0 aliphatic carbocycles. The van der Waals surface area contributed by atoms with Gasteiger partial charge in [0.2, 0.25) is 0 Å². The Balaban J connectivity index is 1.50. The molecule has 4 aromatic rings. The Bertz CT molecular complexity index is 1110. The Hall–Kier alpha value is -2.74. The van der Waals surface area contributed by atoms with Crippen molar-refractivity contribution in [1.29, 1.82) is 0 Å². The minimum Gasteiger partial charge on any atom is -0.463 e. The fourth-order valence-electron chi connectivity index (χ4n) is 2.58. The largest absolute Gasteiger partial charge is 0.463 e. The highest BCUT2D eigenvalue weighted by Gasteiger charge is 2.17. The van der Waals surface area contributed by atoms with Gasteiger partial charge in [0.1, 0.15) is 10.7 Å². The van der Waals surface area contributed by atoms with Crippen LogP contribution in [0.5, 0.6) is 0 Å². The number of rotatable bonds is 5. The standard InChI is InChI=1S/C18H12Cl3N5O2/c19-11-3-1-4-12(20)10(11)8-26-9-13(21)17(25-26)22-18(27)15-7-14(23-24-15)16-5-2-6-28-16/h1-7,9H,8H2,(H,23,24)(H,22,25,27). The number of anilines is 1. The predicted molar refractivity (Wildman–Crippen MR) is 107 cm³/mol. The second-order valence-corrected chi connectivity index (χ2v) is 7.04. The molecule has 0 fully saturated rings. The van der Waals surface area contributed by atoms with Crippen LogP contribution in [0.2, 0.25) is 15.1 Å². The fraction of sp³-hybridized carbons (Fsp3) is 0.0556. The van der Waals surface area contributed by atoms with Crippen LogP contribution >= 0.6 is 34.8 Å². The molecular weight excluding hydrogens is 425 g/mol. The highest BCUT2D eigenvalue weighted by atomic mass is 35.5. The Morgan fingerprint density at radius 2 is 1.93 bits per heavy atom. The van der Waals surface area contributed by atoms with E-state index in [2.05, 4.69) is 20.6 Å². The molecule has 0 saturated carbocycles. The summed E-state index contributed by atoms with van der Waals surface area (Å²) in [6.45, 7) is 0.305. The molecule has 10 heteroatoms. The normalized spacial score (nSPS) is 11.0. The van der Waals surface area contributed by atoms with E-state index in [0.29, 0.717) is 33.6 Å². The maximum Gasteiger partial charge on any atom is 0.277 e. The van der Waals surface area contributed by atoms with Crippen molar-refractivity contribution in [2.24, 2.45) is 0 Å². The van der Waals surface area contributed by atoms with Crippen LogP contribution < -0.4 is 5.32 Å². The van der Waals surface area contributed by atoms with Crippen LogP contribution in [-0.4, -0.2) is 25.9 Å². The Kier molecular flexibility index (Phi) is 5.13. The summed E-state index contributed by atoms with van der Waals surface area (Å²) in [5, 5.41) is 15.0. The molecule has 0 aliphatic rings. The Labute approximate surface area is 174 Å². The summed E-state index contributed by atoms with van der Waals surface area (Å²) >= 11 is 18.6. The Morgan fingerprint density at radius 3 is 2.64 bits per heavy atom. The van der Waals surface area contributed by atoms with Gasteiger partial charge < -0.3 is 9.73 Å². The quantitative estimate of drug-likeness (QED) is 0.454. The lowest BCUT2D eigenvalue weighted by Gasteiger charge is -2.06. The first-order valence-electron chi connectivity index (χ1n) is 8.08. The fourth-order valence-corrected chi connectivity index (χ4v) is 3.29. The van der Waals surface area contributed by atoms with E-state index >= 15 is 0 Å². The average molecular weight is 437 g/mol. The van der Waals surface area contributed by atoms with Crippen molar-refractivity contribution in [3.63, 3.8) is 0 Å². The summed E-state index contributed by atoms with van der Waals surface area (Å²) in [5.74, 6) is 0.319. The van der Waals surface area contributed by atoms with Gasteiger partial charge >= 0.3 is 0 Å². The zero-order chi connectivity index (χ0) is 19.7. The molecule has 0 aliphatic heterocycles. The molecule has 0 bridgehead atoms. The van der Waals surface area contributed by atoms with Crippen LogP contribution in [-0.2, 0) is 6.54 Å². The summed E-state index contributed by atoms with van der Waals surface area (Å²) in [6, 6.07) is 10.3. The zero-order valence-electron chi connectivity index (χ0n) is 14.1. The van der Waals surface area contributed by atoms with E-state index in [-0.39, 0.29) is 16.5 Å². The number of nitrogens with zero attached hydrogens (tertiary/aromatic N) is 3. The number of aromatic amines is 1. The number of nitrogens with one attached hydrogen (secondary N) is 2. The maximum atomic E-state index is 12.5. The lowest BCUT2D eigenvalue weighted by atomic mass is 10.2. The van der Waals surface area contributed by atoms with Gasteiger partial charge in [-0.25, -0.2) is 0 Å². The van der Waals surface area contributed by atoms with Gasteiger partial charge in [0, 0.05) is 27.9 Å². The molecule has 0 saturated heterocycles. The van der Waals surface area contributed by atoms with Gasteiger partial charge in [-0.3, -0.25) is 14.6 Å². The Morgan fingerprint density at radius 1 is 1.14 bits per heavy atom. The number of hydrogen-bond acceptors (Lipinski definition) is 4. The summed E-state index contributed by atoms with van der Waals surface area (Å²) < 4.78 is 6.81. The summed E-state index contributed by atoms with van der Waals surface area (Å²) in [4.78, 5) is 12.5. The van der Waals surface area contributed by atoms with Gasteiger partial charge in [0.25, 0.3) is 5.91 Å². The van der Waals surface area contributed by atoms with Crippen molar-refractivity contribution >= 4 is 46.5 Å². The third-order valence-electron chi connectivity index (χ3n) is 3.93. The summed E-state index contributed by atoms with van der Waals surface area (Å²) in [5.41, 5.74) is 1.46. The molecule has 28 heavy (non-hydrogen) atoms. The summed E-state index contributed by atoms with van der Waals surface area (Å²) in [7, 11) is 0. The van der Waals surface area contributed by atoms with Gasteiger partial charge in [0.15, 0.2) is 17.3 Å². The number of furan rings is 1. The molecule has 3 aromatic heterocycles. The van der Waals surface area contributed by atoms with Gasteiger partial charge in [-0.2, -0.15) is 10.2 Å². The van der Waals surface area contributed by atoms with Crippen LogP contribution in [0.15, 0.2) is 53.3 Å². The molecule has 7 nitrogen and oxygen atoms in total. The van der Waals surface area contributed by atoms with E-state index in [1.807, 2.05) is 0 Å². The zero-order valence-corrected chi connectivity index (χ0v) is 16.4. The van der Waals surface area contributed by atoms with E-state index in [4.69, 9.17) is 39.2 Å². The predicted octanol–water partition coefficient (Wildman–Crippen LogP) is 5.13. The van der Waals surface area contributed by atoms with E-state index in [0.717, 1.165) is 0 Å². The van der Waals surface area contributed by atoms with Crippen LogP contribution in [0.25, 0.3) is 11.5 Å². The van der Waals surface area contributed by atoms with Gasteiger partial charge in [-0.1, -0.05) is 40.9 Å². The lowest BCUT2D eigenvalue weighted by molar-refractivity contribution is 0.102. The van der Waals surface area contributed by atoms with Crippen molar-refractivity contribution < 1.29 is 9.21 Å². The van der Waals surface area contributed by atoms with Crippen molar-refractivity contribution in [2.45, 2.75) is 6.54 Å². The highest BCUT2D eigenvalue weighted by molar-refractivity contribution is 6.36. The highest BCUT2D eigenvalue weighted by Crippen LogP contribution is 2.27. The van der Waals surface area contributed by atoms with Crippen molar-refractivity contribution in [3.05, 3.63) is 75.2 Å². The third kappa shape index (κ3) is 3.77.